The molecule has 2 aromatic rings. The molecule has 122 valence electrons. The van der Waals surface area contributed by atoms with Crippen molar-refractivity contribution in [2.45, 2.75) is 11.7 Å². The summed E-state index contributed by atoms with van der Waals surface area (Å²) in [5.74, 6) is 0.475. The molecule has 9 nitrogen and oxygen atoms in total. The predicted molar refractivity (Wildman–Crippen MR) is 80.2 cm³/mol. The molecule has 0 bridgehead atoms. The molecular weight excluding hydrogens is 324 g/mol. The highest BCUT2D eigenvalue weighted by molar-refractivity contribution is 7.89. The first-order chi connectivity index (χ1) is 10.9. The van der Waals surface area contributed by atoms with Crippen molar-refractivity contribution in [3.63, 3.8) is 0 Å². The summed E-state index contributed by atoms with van der Waals surface area (Å²) in [5, 5.41) is 11.8. The standard InChI is InChI=1S/C13H14N4O5S/c1-21-9-4-2-8(3-5-9)12-15-16-13(22-12)17-7-10(6-11(17)18)23(14,19)20/h2-5,10H,6-7H2,1H3,(H2,14,19,20). The lowest BCUT2D eigenvalue weighted by atomic mass is 10.2. The van der Waals surface area contributed by atoms with Crippen LogP contribution in [0.25, 0.3) is 11.5 Å². The second-order valence-corrected chi connectivity index (χ2v) is 6.88. The van der Waals surface area contributed by atoms with Crippen molar-refractivity contribution in [1.29, 1.82) is 0 Å². The SMILES string of the molecule is COc1ccc(-c2nnc(N3CC(S(N)(=O)=O)CC3=O)o2)cc1. The Morgan fingerprint density at radius 3 is 2.57 bits per heavy atom. The molecule has 10 heteroatoms. The summed E-state index contributed by atoms with van der Waals surface area (Å²) in [6, 6.07) is 6.88. The molecule has 0 radical (unpaired) electrons. The highest BCUT2D eigenvalue weighted by Gasteiger charge is 2.39. The van der Waals surface area contributed by atoms with Crippen LogP contribution in [0.3, 0.4) is 0 Å². The van der Waals surface area contributed by atoms with Crippen molar-refractivity contribution < 1.29 is 22.4 Å². The van der Waals surface area contributed by atoms with Gasteiger partial charge in [-0.2, -0.15) is 0 Å². The van der Waals surface area contributed by atoms with E-state index < -0.39 is 21.2 Å². The van der Waals surface area contributed by atoms with Gasteiger partial charge in [0.25, 0.3) is 0 Å². The van der Waals surface area contributed by atoms with Crippen LogP contribution in [-0.2, 0) is 14.8 Å². The van der Waals surface area contributed by atoms with Gasteiger partial charge in [0, 0.05) is 18.5 Å². The van der Waals surface area contributed by atoms with Crippen LogP contribution in [-0.4, -0.2) is 43.4 Å². The van der Waals surface area contributed by atoms with Gasteiger partial charge in [-0.15, -0.1) is 5.10 Å². The van der Waals surface area contributed by atoms with Crippen LogP contribution < -0.4 is 14.8 Å². The monoisotopic (exact) mass is 338 g/mol. The van der Waals surface area contributed by atoms with E-state index in [1.807, 2.05) is 0 Å². The number of primary sulfonamides is 1. The van der Waals surface area contributed by atoms with Gasteiger partial charge < -0.3 is 9.15 Å². The lowest BCUT2D eigenvalue weighted by Crippen LogP contribution is -2.32. The predicted octanol–water partition coefficient (Wildman–Crippen LogP) is 0.139. The van der Waals surface area contributed by atoms with E-state index in [9.17, 15) is 13.2 Å². The fraction of sp³-hybridized carbons (Fsp3) is 0.308. The number of methoxy groups -OCH3 is 1. The second-order valence-electron chi connectivity index (χ2n) is 5.04. The lowest BCUT2D eigenvalue weighted by Gasteiger charge is -2.09. The zero-order valence-corrected chi connectivity index (χ0v) is 13.0. The average Bonchev–Trinajstić information content (AvgIpc) is 3.13. The molecule has 1 aromatic carbocycles. The maximum absolute atomic E-state index is 11.9. The van der Waals surface area contributed by atoms with Crippen molar-refractivity contribution >= 4 is 21.9 Å². The minimum absolute atomic E-state index is 0.0491. The number of carbonyl (C=O) groups is 1. The lowest BCUT2D eigenvalue weighted by molar-refractivity contribution is -0.117. The Bertz CT molecular complexity index is 830. The Balaban J connectivity index is 1.83. The number of anilines is 1. The molecule has 1 saturated heterocycles. The molecule has 0 aliphatic carbocycles. The minimum Gasteiger partial charge on any atom is -0.497 e. The summed E-state index contributed by atoms with van der Waals surface area (Å²) in [6.07, 6.45) is -0.195. The van der Waals surface area contributed by atoms with Crippen molar-refractivity contribution in [2.24, 2.45) is 5.14 Å². The number of amides is 1. The number of nitrogens with zero attached hydrogens (tertiary/aromatic N) is 3. The maximum atomic E-state index is 11.9. The van der Waals surface area contributed by atoms with Crippen LogP contribution in [0.2, 0.25) is 0 Å². The molecule has 1 fully saturated rings. The zero-order valence-electron chi connectivity index (χ0n) is 12.2. The molecule has 3 rings (SSSR count). The third-order valence-electron chi connectivity index (χ3n) is 3.54. The van der Waals surface area contributed by atoms with E-state index in [4.69, 9.17) is 14.3 Å². The van der Waals surface area contributed by atoms with E-state index in [0.717, 1.165) is 4.90 Å². The molecule has 1 unspecified atom stereocenters. The molecule has 1 atom stereocenters. The summed E-state index contributed by atoms with van der Waals surface area (Å²) < 4.78 is 33.3. The normalized spacial score (nSPS) is 18.4. The van der Waals surface area contributed by atoms with Gasteiger partial charge in [-0.1, -0.05) is 5.10 Å². The van der Waals surface area contributed by atoms with Crippen LogP contribution in [0, 0.1) is 0 Å². The van der Waals surface area contributed by atoms with Crippen LogP contribution >= 0.6 is 0 Å². The van der Waals surface area contributed by atoms with Gasteiger partial charge >= 0.3 is 6.01 Å². The number of hydrogen-bond acceptors (Lipinski definition) is 7. The zero-order chi connectivity index (χ0) is 16.6. The van der Waals surface area contributed by atoms with Crippen LogP contribution in [0.15, 0.2) is 28.7 Å². The fourth-order valence-corrected chi connectivity index (χ4v) is 2.99. The van der Waals surface area contributed by atoms with Gasteiger partial charge in [0.2, 0.25) is 21.8 Å². The molecule has 2 heterocycles. The first kappa shape index (κ1) is 15.4. The van der Waals surface area contributed by atoms with E-state index in [1.54, 1.807) is 31.4 Å². The van der Waals surface area contributed by atoms with Crippen molar-refractivity contribution in [3.05, 3.63) is 24.3 Å². The molecule has 1 aliphatic rings. The second kappa shape index (κ2) is 5.63. The molecule has 23 heavy (non-hydrogen) atoms. The van der Waals surface area contributed by atoms with E-state index in [0.29, 0.717) is 11.3 Å². The number of ether oxygens (including phenoxy) is 1. The smallest absolute Gasteiger partial charge is 0.325 e. The number of carbonyl (C=O) groups excluding carboxylic acids is 1. The molecule has 1 aromatic heterocycles. The van der Waals surface area contributed by atoms with Gasteiger partial charge in [0.05, 0.1) is 7.11 Å². The molecular formula is C13H14N4O5S. The first-order valence-electron chi connectivity index (χ1n) is 6.68. The van der Waals surface area contributed by atoms with Gasteiger partial charge in [-0.25, -0.2) is 13.6 Å². The topological polar surface area (TPSA) is 129 Å². The maximum Gasteiger partial charge on any atom is 0.325 e. The van der Waals surface area contributed by atoms with Crippen molar-refractivity contribution in [3.8, 4) is 17.2 Å². The molecule has 0 spiro atoms. The van der Waals surface area contributed by atoms with Crippen LogP contribution in [0.5, 0.6) is 5.75 Å². The molecule has 2 N–H and O–H groups in total. The largest absolute Gasteiger partial charge is 0.497 e. The minimum atomic E-state index is -3.80. The van der Waals surface area contributed by atoms with Gasteiger partial charge in [0.15, 0.2) is 0 Å². The number of benzene rings is 1. The number of rotatable bonds is 4. The Morgan fingerprint density at radius 1 is 1.30 bits per heavy atom. The number of aromatic nitrogens is 2. The van der Waals surface area contributed by atoms with Crippen molar-refractivity contribution in [2.75, 3.05) is 18.6 Å². The summed E-state index contributed by atoms with van der Waals surface area (Å²) in [7, 11) is -2.24. The highest BCUT2D eigenvalue weighted by atomic mass is 32.2. The first-order valence-corrected chi connectivity index (χ1v) is 8.29. The Kier molecular flexibility index (Phi) is 3.78. The number of sulfonamides is 1. The quantitative estimate of drug-likeness (QED) is 0.839. The van der Waals surface area contributed by atoms with Crippen molar-refractivity contribution in [1.82, 2.24) is 10.2 Å². The van der Waals surface area contributed by atoms with E-state index in [-0.39, 0.29) is 24.9 Å². The van der Waals surface area contributed by atoms with Gasteiger partial charge in [-0.05, 0) is 24.3 Å². The Morgan fingerprint density at radius 2 is 2.00 bits per heavy atom. The van der Waals surface area contributed by atoms with E-state index in [2.05, 4.69) is 10.2 Å². The third-order valence-corrected chi connectivity index (χ3v) is 4.78. The van der Waals surface area contributed by atoms with Gasteiger partial charge in [0.1, 0.15) is 11.0 Å². The van der Waals surface area contributed by atoms with Crippen LogP contribution in [0.4, 0.5) is 6.01 Å². The molecule has 1 amide bonds. The molecule has 0 saturated carbocycles. The highest BCUT2D eigenvalue weighted by Crippen LogP contribution is 2.27. The average molecular weight is 338 g/mol. The number of hydrogen-bond donors (Lipinski definition) is 1. The Labute approximate surface area is 132 Å². The summed E-state index contributed by atoms with van der Waals surface area (Å²) in [4.78, 5) is 13.1. The Hall–Kier alpha value is -2.46. The van der Waals surface area contributed by atoms with E-state index >= 15 is 0 Å². The third kappa shape index (κ3) is 3.03. The van der Waals surface area contributed by atoms with Crippen LogP contribution in [0.1, 0.15) is 6.42 Å². The number of nitrogens with two attached hydrogens (primary N) is 1. The fourth-order valence-electron chi connectivity index (χ4n) is 2.25. The molecule has 1 aliphatic heterocycles. The summed E-state index contributed by atoms with van der Waals surface area (Å²) in [5.41, 5.74) is 0.652. The summed E-state index contributed by atoms with van der Waals surface area (Å²) >= 11 is 0. The summed E-state index contributed by atoms with van der Waals surface area (Å²) in [6.45, 7) is -0.0953. The van der Waals surface area contributed by atoms with E-state index in [1.165, 1.54) is 0 Å². The van der Waals surface area contributed by atoms with Gasteiger partial charge in [-0.3, -0.25) is 9.69 Å².